The van der Waals surface area contributed by atoms with E-state index >= 15 is 0 Å². The van der Waals surface area contributed by atoms with Crippen LogP contribution in [0.4, 0.5) is 11.8 Å². The number of para-hydroxylation sites is 1. The molecule has 30 heavy (non-hydrogen) atoms. The molecule has 1 saturated heterocycles. The molecule has 1 aliphatic heterocycles. The first kappa shape index (κ1) is 19.5. The summed E-state index contributed by atoms with van der Waals surface area (Å²) in [5.41, 5.74) is 2.24. The molecular weight excluding hydrogens is 483 g/mol. The quantitative estimate of drug-likeness (QED) is 0.194. The van der Waals surface area contributed by atoms with Crippen molar-refractivity contribution >= 4 is 56.0 Å². The number of hydrogen-bond acceptors (Lipinski definition) is 4. The van der Waals surface area contributed by atoms with Crippen LogP contribution >= 0.6 is 22.6 Å². The normalized spacial score (nSPS) is 16.5. The van der Waals surface area contributed by atoms with E-state index in [9.17, 15) is 0 Å². The van der Waals surface area contributed by atoms with Gasteiger partial charge >= 0.3 is 0 Å². The van der Waals surface area contributed by atoms with E-state index in [1.165, 1.54) is 35.6 Å². The molecule has 5 rings (SSSR count). The summed E-state index contributed by atoms with van der Waals surface area (Å²) in [5, 5.41) is 7.33. The van der Waals surface area contributed by atoms with Crippen molar-refractivity contribution in [1.82, 2.24) is 9.97 Å². The number of alkyl halides is 1. The zero-order valence-electron chi connectivity index (χ0n) is 17.1. The molecule has 4 aromatic rings. The highest BCUT2D eigenvalue weighted by Gasteiger charge is 2.27. The van der Waals surface area contributed by atoms with Gasteiger partial charge in [0.15, 0.2) is 0 Å². The van der Waals surface area contributed by atoms with Gasteiger partial charge in [-0.2, -0.15) is 4.98 Å². The molecule has 0 bridgehead atoms. The van der Waals surface area contributed by atoms with Crippen molar-refractivity contribution in [2.24, 2.45) is 0 Å². The van der Waals surface area contributed by atoms with Crippen LogP contribution in [-0.4, -0.2) is 23.1 Å². The molecule has 1 atom stereocenters. The second kappa shape index (κ2) is 8.02. The summed E-state index contributed by atoms with van der Waals surface area (Å²) < 4.78 is -0.324. The van der Waals surface area contributed by atoms with E-state index in [1.807, 2.05) is 6.07 Å². The lowest BCUT2D eigenvalue weighted by Gasteiger charge is -2.30. The van der Waals surface area contributed by atoms with Crippen molar-refractivity contribution in [3.05, 3.63) is 72.3 Å². The molecule has 2 heterocycles. The summed E-state index contributed by atoms with van der Waals surface area (Å²) in [5.74, 6) is 1.73. The van der Waals surface area contributed by atoms with Gasteiger partial charge in [-0.25, -0.2) is 4.98 Å². The first-order valence-electron chi connectivity index (χ1n) is 10.6. The van der Waals surface area contributed by atoms with E-state index < -0.39 is 0 Å². The number of halogens is 1. The second-order valence-corrected chi connectivity index (χ2v) is 10.2. The van der Waals surface area contributed by atoms with Gasteiger partial charge in [-0.15, -0.1) is 0 Å². The Balaban J connectivity index is 1.59. The van der Waals surface area contributed by atoms with Crippen LogP contribution in [0, 0.1) is 0 Å². The Bertz CT molecular complexity index is 1190. The maximum atomic E-state index is 5.01. The molecule has 1 aromatic heterocycles. The van der Waals surface area contributed by atoms with Crippen molar-refractivity contribution < 1.29 is 0 Å². The van der Waals surface area contributed by atoms with Gasteiger partial charge in [0.2, 0.25) is 5.95 Å². The summed E-state index contributed by atoms with van der Waals surface area (Å²) >= 11 is 2.51. The van der Waals surface area contributed by atoms with Crippen LogP contribution in [0.15, 0.2) is 66.7 Å². The van der Waals surface area contributed by atoms with Gasteiger partial charge in [0.05, 0.1) is 5.52 Å². The Morgan fingerprint density at radius 1 is 0.833 bits per heavy atom. The molecule has 1 aliphatic rings. The van der Waals surface area contributed by atoms with Crippen molar-refractivity contribution in [1.29, 1.82) is 0 Å². The summed E-state index contributed by atoms with van der Waals surface area (Å²) in [6.45, 7) is 4.28. The third kappa shape index (κ3) is 3.71. The first-order chi connectivity index (χ1) is 14.6. The molecule has 1 N–H and O–H groups in total. The average Bonchev–Trinajstić information content (AvgIpc) is 2.79. The molecule has 0 amide bonds. The van der Waals surface area contributed by atoms with Crippen molar-refractivity contribution in [3.63, 3.8) is 0 Å². The van der Waals surface area contributed by atoms with Crippen molar-refractivity contribution in [2.75, 3.05) is 23.3 Å². The Morgan fingerprint density at radius 3 is 2.37 bits per heavy atom. The maximum absolute atomic E-state index is 5.01. The summed E-state index contributed by atoms with van der Waals surface area (Å²) in [4.78, 5) is 12.2. The number of nitrogens with one attached hydrogen (secondary N) is 1. The molecule has 0 radical (unpaired) electrons. The molecule has 5 heteroatoms. The number of hydrogen-bond donors (Lipinski definition) is 1. The molecule has 1 unspecified atom stereocenters. The maximum Gasteiger partial charge on any atom is 0.227 e. The third-order valence-electron chi connectivity index (χ3n) is 5.88. The summed E-state index contributed by atoms with van der Waals surface area (Å²) in [7, 11) is 0. The molecule has 0 spiro atoms. The SMILES string of the molecule is CC(I)(Nc1nc(N2CCCCC2)nc2ccccc12)c1cccc2ccccc12. The number of benzene rings is 3. The minimum atomic E-state index is -0.324. The predicted octanol–water partition coefficient (Wildman–Crippen LogP) is 6.49. The number of nitrogens with zero attached hydrogens (tertiary/aromatic N) is 3. The monoisotopic (exact) mass is 508 g/mol. The Labute approximate surface area is 190 Å². The van der Waals surface area contributed by atoms with Crippen LogP contribution in [0.1, 0.15) is 31.7 Å². The highest BCUT2D eigenvalue weighted by Crippen LogP contribution is 2.38. The number of piperidine rings is 1. The van der Waals surface area contributed by atoms with E-state index in [-0.39, 0.29) is 3.55 Å². The Morgan fingerprint density at radius 2 is 1.53 bits per heavy atom. The zero-order valence-corrected chi connectivity index (χ0v) is 19.3. The summed E-state index contributed by atoms with van der Waals surface area (Å²) in [6, 6.07) is 23.4. The smallest absolute Gasteiger partial charge is 0.227 e. The number of fused-ring (bicyclic) bond motifs is 2. The van der Waals surface area contributed by atoms with Gasteiger partial charge in [-0.1, -0.05) is 54.6 Å². The Kier molecular flexibility index (Phi) is 5.23. The van der Waals surface area contributed by atoms with Crippen LogP contribution < -0.4 is 10.2 Å². The van der Waals surface area contributed by atoms with Crippen LogP contribution in [0.3, 0.4) is 0 Å². The minimum absolute atomic E-state index is 0.324. The first-order valence-corrected chi connectivity index (χ1v) is 11.7. The second-order valence-electron chi connectivity index (χ2n) is 8.09. The van der Waals surface area contributed by atoms with Gasteiger partial charge in [0.1, 0.15) is 9.36 Å². The molecular formula is C25H25IN4. The molecule has 3 aromatic carbocycles. The molecule has 4 nitrogen and oxygen atoms in total. The number of aromatic nitrogens is 2. The molecule has 1 fully saturated rings. The van der Waals surface area contributed by atoms with Crippen molar-refractivity contribution in [3.8, 4) is 0 Å². The highest BCUT2D eigenvalue weighted by molar-refractivity contribution is 14.1. The van der Waals surface area contributed by atoms with Gasteiger partial charge < -0.3 is 10.2 Å². The van der Waals surface area contributed by atoms with Gasteiger partial charge in [-0.05, 0) is 77.2 Å². The average molecular weight is 508 g/mol. The van der Waals surface area contributed by atoms with E-state index in [1.54, 1.807) is 0 Å². The van der Waals surface area contributed by atoms with Gasteiger partial charge in [0.25, 0.3) is 0 Å². The van der Waals surface area contributed by atoms with Crippen LogP contribution in [-0.2, 0) is 3.55 Å². The van der Waals surface area contributed by atoms with Crippen LogP contribution in [0.25, 0.3) is 21.7 Å². The van der Waals surface area contributed by atoms with Gasteiger partial charge in [0, 0.05) is 18.5 Å². The summed E-state index contributed by atoms with van der Waals surface area (Å²) in [6.07, 6.45) is 3.71. The molecule has 152 valence electrons. The van der Waals surface area contributed by atoms with Crippen LogP contribution in [0.5, 0.6) is 0 Å². The van der Waals surface area contributed by atoms with Crippen molar-refractivity contribution in [2.45, 2.75) is 29.7 Å². The standard InChI is InChI=1S/C25H25IN4/c1-25(26,21-14-9-11-18-10-3-4-12-19(18)21)29-23-20-13-5-6-15-22(20)27-24(28-23)30-16-7-2-8-17-30/h3-6,9-15H,2,7-8,16-17H2,1H3,(H,27,28,29). The number of rotatable bonds is 4. The number of anilines is 2. The lowest BCUT2D eigenvalue weighted by molar-refractivity contribution is 0.569. The molecule has 0 aliphatic carbocycles. The van der Waals surface area contributed by atoms with E-state index in [0.29, 0.717) is 0 Å². The van der Waals surface area contributed by atoms with E-state index in [0.717, 1.165) is 35.8 Å². The lowest BCUT2D eigenvalue weighted by Crippen LogP contribution is -2.32. The fourth-order valence-electron chi connectivity index (χ4n) is 4.32. The topological polar surface area (TPSA) is 41.1 Å². The van der Waals surface area contributed by atoms with E-state index in [4.69, 9.17) is 9.97 Å². The van der Waals surface area contributed by atoms with Gasteiger partial charge in [-0.3, -0.25) is 0 Å². The van der Waals surface area contributed by atoms with Crippen LogP contribution in [0.2, 0.25) is 0 Å². The van der Waals surface area contributed by atoms with E-state index in [2.05, 4.69) is 100 Å². The fraction of sp³-hybridized carbons (Fsp3) is 0.280. The largest absolute Gasteiger partial charge is 0.351 e. The fourth-order valence-corrected chi connectivity index (χ4v) is 5.05. The highest BCUT2D eigenvalue weighted by atomic mass is 127. The lowest BCUT2D eigenvalue weighted by atomic mass is 9.99. The minimum Gasteiger partial charge on any atom is -0.351 e. The Hall–Kier alpha value is -2.41. The molecule has 0 saturated carbocycles. The predicted molar refractivity (Wildman–Crippen MR) is 135 cm³/mol. The zero-order chi connectivity index (χ0) is 20.6. The third-order valence-corrected chi connectivity index (χ3v) is 6.73.